The fourth-order valence-corrected chi connectivity index (χ4v) is 6.88. The number of thiazole rings is 1. The number of β-lactam (4-membered cyclic amide) rings is 1. The zero-order valence-electron chi connectivity index (χ0n) is 19.1. The summed E-state index contributed by atoms with van der Waals surface area (Å²) in [5, 5.41) is 19.4. The SMILES string of the molecule is CCc1csc2c[n+](CC3=C(C(=O)[O-])N4C(=O)[C@@H](NC(=O)/C(=N\OCF)c5nsc(N)n5)[C@H]4SC3)cn12. The van der Waals surface area contributed by atoms with Crippen molar-refractivity contribution in [2.24, 2.45) is 5.16 Å². The van der Waals surface area contributed by atoms with Crippen LogP contribution in [0.25, 0.3) is 4.83 Å². The second-order valence-corrected chi connectivity index (χ2v) is 10.7. The largest absolute Gasteiger partial charge is 0.543 e. The minimum Gasteiger partial charge on any atom is -0.543 e. The summed E-state index contributed by atoms with van der Waals surface area (Å²) in [5.74, 6) is -2.89. The Labute approximate surface area is 220 Å². The van der Waals surface area contributed by atoms with Gasteiger partial charge in [0.1, 0.15) is 29.9 Å². The number of anilines is 1. The van der Waals surface area contributed by atoms with Crippen molar-refractivity contribution in [3.8, 4) is 0 Å². The van der Waals surface area contributed by atoms with Crippen molar-refractivity contribution in [2.75, 3.05) is 18.3 Å². The Kier molecular flexibility index (Phi) is 6.82. The number of carbonyl (C=O) groups is 3. The minimum atomic E-state index is -1.48. The average molecular weight is 567 g/mol. The zero-order chi connectivity index (χ0) is 26.3. The molecule has 0 radical (unpaired) electrons. The molecule has 5 heterocycles. The molecule has 17 heteroatoms. The summed E-state index contributed by atoms with van der Waals surface area (Å²) in [7, 11) is 0. The number of halogens is 1. The van der Waals surface area contributed by atoms with Crippen LogP contribution in [0.2, 0.25) is 0 Å². The van der Waals surface area contributed by atoms with Crippen LogP contribution >= 0.6 is 34.6 Å². The van der Waals surface area contributed by atoms with Gasteiger partial charge in [-0.15, -0.1) is 11.8 Å². The summed E-state index contributed by atoms with van der Waals surface area (Å²) in [6.45, 7) is 1.01. The Balaban J connectivity index is 1.35. The van der Waals surface area contributed by atoms with E-state index in [1.165, 1.54) is 11.8 Å². The molecule has 2 amide bonds. The number of carboxylic acids is 1. The molecule has 0 aliphatic carbocycles. The molecule has 3 aromatic heterocycles. The van der Waals surface area contributed by atoms with Crippen LogP contribution in [0.4, 0.5) is 9.52 Å². The second-order valence-electron chi connectivity index (χ2n) is 7.94. The molecule has 37 heavy (non-hydrogen) atoms. The van der Waals surface area contributed by atoms with E-state index in [4.69, 9.17) is 5.73 Å². The summed E-state index contributed by atoms with van der Waals surface area (Å²) in [4.78, 5) is 48.2. The van der Waals surface area contributed by atoms with Crippen LogP contribution < -0.4 is 20.7 Å². The molecular weight excluding hydrogens is 547 g/mol. The summed E-state index contributed by atoms with van der Waals surface area (Å²) in [6.07, 6.45) is 4.66. The topological polar surface area (TPSA) is 171 Å². The van der Waals surface area contributed by atoms with Gasteiger partial charge in [-0.1, -0.05) is 23.4 Å². The number of nitrogens with two attached hydrogens (primary N) is 1. The summed E-state index contributed by atoms with van der Waals surface area (Å²) >= 11 is 3.69. The van der Waals surface area contributed by atoms with Gasteiger partial charge in [0.2, 0.25) is 22.7 Å². The number of aliphatic carboxylic acids is 1. The van der Waals surface area contributed by atoms with E-state index < -0.39 is 41.8 Å². The van der Waals surface area contributed by atoms with Crippen molar-refractivity contribution in [2.45, 2.75) is 31.3 Å². The van der Waals surface area contributed by atoms with E-state index in [9.17, 15) is 23.9 Å². The van der Waals surface area contributed by atoms with Gasteiger partial charge in [-0.2, -0.15) is 13.8 Å². The maximum absolute atomic E-state index is 13.0. The third kappa shape index (κ3) is 4.53. The Morgan fingerprint density at radius 1 is 1.46 bits per heavy atom. The number of carbonyl (C=O) groups excluding carboxylic acids is 3. The number of aromatic nitrogens is 4. The molecule has 5 rings (SSSR count). The summed E-state index contributed by atoms with van der Waals surface area (Å²) in [6, 6.07) is -1.06. The van der Waals surface area contributed by atoms with Gasteiger partial charge < -0.3 is 25.8 Å². The Morgan fingerprint density at radius 3 is 2.95 bits per heavy atom. The molecule has 0 unspecified atom stereocenters. The quantitative estimate of drug-likeness (QED) is 0.143. The number of nitrogens with zero attached hydrogens (tertiary/aromatic N) is 6. The number of alkyl halides is 1. The highest BCUT2D eigenvalue weighted by Crippen LogP contribution is 2.40. The van der Waals surface area contributed by atoms with Gasteiger partial charge in [0.05, 0.1) is 11.7 Å². The molecule has 2 aliphatic rings. The Hall–Kier alpha value is -3.57. The molecule has 0 spiro atoms. The molecule has 2 aliphatic heterocycles. The lowest BCUT2D eigenvalue weighted by atomic mass is 10.0. The molecule has 194 valence electrons. The molecular formula is C20H19FN8O5S3. The van der Waals surface area contributed by atoms with E-state index in [1.54, 1.807) is 11.3 Å². The second kappa shape index (κ2) is 10.1. The number of thioether (sulfide) groups is 1. The van der Waals surface area contributed by atoms with Crippen molar-refractivity contribution >= 4 is 68.1 Å². The number of amides is 2. The number of rotatable bonds is 9. The molecule has 0 aromatic carbocycles. The predicted molar refractivity (Wildman–Crippen MR) is 130 cm³/mol. The van der Waals surface area contributed by atoms with Gasteiger partial charge >= 0.3 is 0 Å². The number of hydrogen-bond acceptors (Lipinski definition) is 12. The van der Waals surface area contributed by atoms with Gasteiger partial charge in [0.15, 0.2) is 5.13 Å². The van der Waals surface area contributed by atoms with E-state index in [0.29, 0.717) is 11.3 Å². The first kappa shape index (κ1) is 25.1. The number of hydrogen-bond donors (Lipinski definition) is 2. The highest BCUT2D eigenvalue weighted by atomic mass is 32.2. The fraction of sp³-hybridized carbons (Fsp3) is 0.350. The van der Waals surface area contributed by atoms with Gasteiger partial charge in [-0.3, -0.25) is 14.5 Å². The fourth-order valence-electron chi connectivity index (χ4n) is 4.10. The standard InChI is InChI=1S/C20H19FN8O5S3/c1-2-10-6-35-11-4-27(8-28(10)11)3-9-5-36-18-13(17(31)29(18)14(9)19(32)33)23-16(30)12(25-34-7-21)15-24-20(22)37-26-15/h4,6,8,13,18H,2-3,5,7H2,1H3,(H3-,22,23,24,26,30,32,33)/b25-12-/t13-,18-/m1/s1. The first-order valence-corrected chi connectivity index (χ1v) is 13.5. The number of nitrogens with one attached hydrogen (secondary N) is 1. The Bertz CT molecular complexity index is 1460. The van der Waals surface area contributed by atoms with Gasteiger partial charge in [0, 0.05) is 34.7 Å². The highest BCUT2D eigenvalue weighted by Gasteiger charge is 2.53. The molecule has 13 nitrogen and oxygen atoms in total. The van der Waals surface area contributed by atoms with Crippen molar-refractivity contribution < 1.29 is 33.3 Å². The molecule has 1 saturated heterocycles. The lowest BCUT2D eigenvalue weighted by Crippen LogP contribution is -2.71. The summed E-state index contributed by atoms with van der Waals surface area (Å²) in [5.41, 5.74) is 6.52. The monoisotopic (exact) mass is 566 g/mol. The molecule has 0 bridgehead atoms. The number of nitrogen functional groups attached to an aromatic ring is 1. The molecule has 0 saturated carbocycles. The maximum atomic E-state index is 13.0. The number of imidazole rings is 1. The van der Waals surface area contributed by atoms with Gasteiger partial charge in [-0.25, -0.2) is 8.96 Å². The van der Waals surface area contributed by atoms with Crippen molar-refractivity contribution in [3.63, 3.8) is 0 Å². The normalized spacial score (nSPS) is 19.7. The van der Waals surface area contributed by atoms with Crippen molar-refractivity contribution in [1.82, 2.24) is 24.0 Å². The smallest absolute Gasteiger partial charge is 0.278 e. The summed E-state index contributed by atoms with van der Waals surface area (Å²) < 4.78 is 20.3. The zero-order valence-corrected chi connectivity index (χ0v) is 21.6. The number of oxime groups is 1. The molecule has 1 fully saturated rings. The first-order chi connectivity index (χ1) is 17.8. The number of fused-ring (bicyclic) bond motifs is 2. The number of carboxylic acid groups (broad SMARTS) is 1. The van der Waals surface area contributed by atoms with Crippen LogP contribution in [0, 0.1) is 0 Å². The van der Waals surface area contributed by atoms with Crippen molar-refractivity contribution in [3.05, 3.63) is 40.7 Å². The number of aryl methyl sites for hydroxylation is 1. The molecule has 3 aromatic rings. The average Bonchev–Trinajstić information content (AvgIpc) is 3.58. The van der Waals surface area contributed by atoms with Crippen LogP contribution in [0.1, 0.15) is 18.4 Å². The molecule has 2 atom stereocenters. The van der Waals surface area contributed by atoms with E-state index in [1.807, 2.05) is 21.5 Å². The predicted octanol–water partition coefficient (Wildman–Crippen LogP) is -0.964. The Morgan fingerprint density at radius 2 is 2.27 bits per heavy atom. The third-order valence-electron chi connectivity index (χ3n) is 5.74. The van der Waals surface area contributed by atoms with E-state index in [2.05, 4.69) is 37.0 Å². The maximum Gasteiger partial charge on any atom is 0.278 e. The van der Waals surface area contributed by atoms with E-state index in [-0.39, 0.29) is 23.2 Å². The van der Waals surface area contributed by atoms with E-state index >= 15 is 0 Å². The lowest BCUT2D eigenvalue weighted by molar-refractivity contribution is -0.687. The lowest BCUT2D eigenvalue weighted by Gasteiger charge is -2.50. The third-order valence-corrected chi connectivity index (χ3v) is 8.55. The first-order valence-electron chi connectivity index (χ1n) is 10.8. The van der Waals surface area contributed by atoms with Crippen molar-refractivity contribution in [1.29, 1.82) is 0 Å². The van der Waals surface area contributed by atoms with Gasteiger partial charge in [-0.05, 0) is 0 Å². The van der Waals surface area contributed by atoms with E-state index in [0.717, 1.165) is 33.4 Å². The van der Waals surface area contributed by atoms with Crippen LogP contribution in [0.15, 0.2) is 34.3 Å². The van der Waals surface area contributed by atoms with Crippen LogP contribution in [-0.4, -0.2) is 66.2 Å². The molecule has 3 N–H and O–H groups in total. The van der Waals surface area contributed by atoms with Crippen LogP contribution in [0.5, 0.6) is 0 Å². The van der Waals surface area contributed by atoms with Crippen LogP contribution in [-0.2, 0) is 32.2 Å². The highest BCUT2D eigenvalue weighted by molar-refractivity contribution is 8.00. The minimum absolute atomic E-state index is 0.0487. The van der Waals surface area contributed by atoms with Crippen LogP contribution in [0.3, 0.4) is 0 Å². The van der Waals surface area contributed by atoms with Gasteiger partial charge in [0.25, 0.3) is 18.7 Å².